The maximum atomic E-state index is 13.3. The third-order valence-electron chi connectivity index (χ3n) is 7.67. The van der Waals surface area contributed by atoms with Crippen molar-refractivity contribution in [3.63, 3.8) is 0 Å². The van der Waals surface area contributed by atoms with Gasteiger partial charge in [-0.15, -0.1) is 4.52 Å². The van der Waals surface area contributed by atoms with Gasteiger partial charge in [-0.2, -0.15) is 5.10 Å². The van der Waals surface area contributed by atoms with Crippen molar-refractivity contribution in [2.45, 2.75) is 37.8 Å². The average molecular weight is 512 g/mol. The summed E-state index contributed by atoms with van der Waals surface area (Å²) in [5.74, 6) is 0.373. The number of likely N-dealkylation sites (tertiary alicyclic amines) is 1. The number of benzene rings is 1. The number of carbonyl (C=O) groups excluding carboxylic acids is 1. The lowest BCUT2D eigenvalue weighted by Crippen LogP contribution is -2.50. The molecule has 11 nitrogen and oxygen atoms in total. The van der Waals surface area contributed by atoms with E-state index in [2.05, 4.69) is 20.2 Å². The maximum absolute atomic E-state index is 13.3. The van der Waals surface area contributed by atoms with Crippen molar-refractivity contribution >= 4 is 22.6 Å². The molecule has 1 amide bonds. The topological polar surface area (TPSA) is 126 Å². The zero-order chi connectivity index (χ0) is 25.9. The van der Waals surface area contributed by atoms with E-state index in [4.69, 9.17) is 0 Å². The van der Waals surface area contributed by atoms with Crippen LogP contribution in [0.25, 0.3) is 33.6 Å². The van der Waals surface area contributed by atoms with Gasteiger partial charge in [0, 0.05) is 36.8 Å². The maximum Gasteiger partial charge on any atom is 0.348 e. The van der Waals surface area contributed by atoms with Gasteiger partial charge in [-0.05, 0) is 54.9 Å². The highest BCUT2D eigenvalue weighted by molar-refractivity contribution is 5.81. The fraction of sp³-hybridized carbons (Fsp3) is 0.333. The lowest BCUT2D eigenvalue weighted by atomic mass is 9.91. The van der Waals surface area contributed by atoms with Crippen LogP contribution >= 0.6 is 0 Å². The van der Waals surface area contributed by atoms with Crippen molar-refractivity contribution in [2.24, 2.45) is 5.92 Å². The molecule has 0 bridgehead atoms. The molecule has 0 radical (unpaired) electrons. The van der Waals surface area contributed by atoms with Gasteiger partial charge in [0.05, 0.1) is 30.1 Å². The molecule has 38 heavy (non-hydrogen) atoms. The van der Waals surface area contributed by atoms with Crippen LogP contribution in [0, 0.1) is 5.92 Å². The quantitative estimate of drug-likeness (QED) is 0.344. The summed E-state index contributed by atoms with van der Waals surface area (Å²) in [4.78, 5) is 36.6. The van der Waals surface area contributed by atoms with Crippen molar-refractivity contribution in [1.82, 2.24) is 34.3 Å². The number of amides is 1. The number of aliphatic hydroxyl groups is 1. The molecule has 1 aromatic carbocycles. The minimum absolute atomic E-state index is 0.136. The van der Waals surface area contributed by atoms with Crippen molar-refractivity contribution in [3.8, 4) is 16.9 Å². The number of carbonyl (C=O) groups is 1. The van der Waals surface area contributed by atoms with Gasteiger partial charge < -0.3 is 10.0 Å². The van der Waals surface area contributed by atoms with E-state index < -0.39 is 5.60 Å². The van der Waals surface area contributed by atoms with Crippen LogP contribution < -0.4 is 10.1 Å². The molecule has 1 saturated carbocycles. The van der Waals surface area contributed by atoms with Crippen LogP contribution in [-0.2, 0) is 11.3 Å². The van der Waals surface area contributed by atoms with Gasteiger partial charge in [0.25, 0.3) is 5.56 Å². The third-order valence-corrected chi connectivity index (χ3v) is 7.67. The average Bonchev–Trinajstić information content (AvgIpc) is 3.52. The molecule has 2 aliphatic rings. The monoisotopic (exact) mass is 511 g/mol. The van der Waals surface area contributed by atoms with E-state index in [-0.39, 0.29) is 23.9 Å². The smallest absolute Gasteiger partial charge is 0.348 e. The highest BCUT2D eigenvalue weighted by atomic mass is 16.3. The number of nitrogens with one attached hydrogen (secondary N) is 1. The number of aromatic amines is 1. The largest absolute Gasteiger partial charge is 0.388 e. The van der Waals surface area contributed by atoms with Gasteiger partial charge in [-0.25, -0.2) is 14.8 Å². The Labute approximate surface area is 217 Å². The van der Waals surface area contributed by atoms with Crippen LogP contribution in [0.3, 0.4) is 0 Å². The summed E-state index contributed by atoms with van der Waals surface area (Å²) in [6.07, 6.45) is 9.57. The van der Waals surface area contributed by atoms with Gasteiger partial charge in [-0.3, -0.25) is 14.2 Å². The van der Waals surface area contributed by atoms with Gasteiger partial charge >= 0.3 is 5.65 Å². The Morgan fingerprint density at radius 2 is 1.92 bits per heavy atom. The molecule has 11 heteroatoms. The van der Waals surface area contributed by atoms with Crippen molar-refractivity contribution < 1.29 is 14.4 Å². The zero-order valence-corrected chi connectivity index (χ0v) is 20.7. The van der Waals surface area contributed by atoms with Gasteiger partial charge in [0.2, 0.25) is 5.91 Å². The fourth-order valence-electron chi connectivity index (χ4n) is 5.25. The molecule has 0 atom stereocenters. The van der Waals surface area contributed by atoms with Gasteiger partial charge in [0.15, 0.2) is 11.3 Å². The normalized spacial score (nSPS) is 17.3. The van der Waals surface area contributed by atoms with Crippen LogP contribution in [-0.4, -0.2) is 64.0 Å². The van der Waals surface area contributed by atoms with E-state index in [0.717, 1.165) is 35.4 Å². The van der Waals surface area contributed by atoms with E-state index in [9.17, 15) is 14.7 Å². The van der Waals surface area contributed by atoms with Crippen molar-refractivity contribution in [1.29, 1.82) is 0 Å². The predicted molar refractivity (Wildman–Crippen MR) is 137 cm³/mol. The first-order chi connectivity index (χ1) is 18.5. The second-order valence-electron chi connectivity index (χ2n) is 10.3. The summed E-state index contributed by atoms with van der Waals surface area (Å²) in [6, 6.07) is 11.6. The second kappa shape index (κ2) is 8.59. The molecule has 1 saturated heterocycles. The molecule has 0 unspecified atom stereocenters. The number of H-pyrrole nitrogens is 1. The number of rotatable bonds is 5. The number of fused-ring (bicyclic) bond motifs is 2. The first-order valence-electron chi connectivity index (χ1n) is 12.9. The summed E-state index contributed by atoms with van der Waals surface area (Å²) in [6.45, 7) is 1.16. The first-order valence-corrected chi connectivity index (χ1v) is 12.9. The van der Waals surface area contributed by atoms with Crippen LogP contribution in [0.1, 0.15) is 25.7 Å². The standard InChI is InChI=1S/C27H26N8O3/c36-25(19-1-2-19)32-13-9-27(38,10-14-32)16-33-17-28-24-21(26(33)37)15-30-35(24)20-5-3-18(4-6-20)22-8-12-34-23(31-22)7-11-29-34/h3-8,11-12,15,17,19,38H,1-2,9-10,13-14,16H2/p+1. The van der Waals surface area contributed by atoms with E-state index in [1.807, 2.05) is 58.2 Å². The van der Waals surface area contributed by atoms with Crippen molar-refractivity contribution in [2.75, 3.05) is 13.1 Å². The molecule has 4 aromatic heterocycles. The number of nitrogens with zero attached hydrogens (tertiary/aromatic N) is 7. The molecule has 2 N–H and O–H groups in total. The third kappa shape index (κ3) is 3.95. The zero-order valence-electron chi connectivity index (χ0n) is 20.7. The summed E-state index contributed by atoms with van der Waals surface area (Å²) in [5.41, 5.74) is 2.57. The van der Waals surface area contributed by atoms with Crippen LogP contribution in [0.15, 0.2) is 66.1 Å². The summed E-state index contributed by atoms with van der Waals surface area (Å²) >= 11 is 0. The van der Waals surface area contributed by atoms with E-state index in [0.29, 0.717) is 37.0 Å². The lowest BCUT2D eigenvalue weighted by molar-refractivity contribution is -0.578. The van der Waals surface area contributed by atoms with E-state index in [1.165, 1.54) is 17.1 Å². The minimum Gasteiger partial charge on any atom is -0.388 e. The summed E-state index contributed by atoms with van der Waals surface area (Å²) in [5, 5.41) is 19.1. The summed E-state index contributed by atoms with van der Waals surface area (Å²) in [7, 11) is 0. The SMILES string of the molecule is O=C(C1CC1)N1CCC(O)(Cn2cnc3c(cnn3-c3ccc(-c4cc[n+]5[nH]ccc5n4)cc3)c2=O)CC1. The van der Waals surface area contributed by atoms with Crippen LogP contribution in [0.5, 0.6) is 0 Å². The Kier molecular flexibility index (Phi) is 5.15. The lowest BCUT2D eigenvalue weighted by Gasteiger charge is -2.38. The fourth-order valence-corrected chi connectivity index (χ4v) is 5.25. The Morgan fingerprint density at radius 1 is 1.13 bits per heavy atom. The highest BCUT2D eigenvalue weighted by Gasteiger charge is 2.39. The Balaban J connectivity index is 1.11. The number of hydrogen-bond donors (Lipinski definition) is 2. The molecule has 7 rings (SSSR count). The molecular weight excluding hydrogens is 484 g/mol. The number of piperidine rings is 1. The Bertz CT molecular complexity index is 1720. The molecule has 0 spiro atoms. The molecule has 1 aliphatic carbocycles. The van der Waals surface area contributed by atoms with Gasteiger partial charge in [0.1, 0.15) is 17.9 Å². The first kappa shape index (κ1) is 22.8. The minimum atomic E-state index is -1.05. The predicted octanol–water partition coefficient (Wildman–Crippen LogP) is 1.47. The highest BCUT2D eigenvalue weighted by Crippen LogP contribution is 2.33. The second-order valence-corrected chi connectivity index (χ2v) is 10.3. The molecule has 5 heterocycles. The molecule has 5 aromatic rings. The molecule has 2 fully saturated rings. The Morgan fingerprint density at radius 3 is 2.68 bits per heavy atom. The number of hydrogen-bond acceptors (Lipinski definition) is 6. The van der Waals surface area contributed by atoms with Gasteiger partial charge in [-0.1, -0.05) is 0 Å². The van der Waals surface area contributed by atoms with Crippen LogP contribution in [0.2, 0.25) is 0 Å². The Hall–Kier alpha value is -4.38. The summed E-state index contributed by atoms with van der Waals surface area (Å²) < 4.78 is 4.93. The molecule has 192 valence electrons. The van der Waals surface area contributed by atoms with Crippen molar-refractivity contribution in [3.05, 3.63) is 71.7 Å². The van der Waals surface area contributed by atoms with E-state index in [1.54, 1.807) is 4.68 Å². The van der Waals surface area contributed by atoms with Crippen LogP contribution in [0.4, 0.5) is 0 Å². The number of aromatic nitrogens is 7. The molecular formula is C27H27N8O3+. The van der Waals surface area contributed by atoms with E-state index >= 15 is 0 Å². The molecule has 1 aliphatic heterocycles.